The molecule has 8 rings (SSSR count). The van der Waals surface area contributed by atoms with E-state index in [-0.39, 0.29) is 71.7 Å². The van der Waals surface area contributed by atoms with Gasteiger partial charge in [0.05, 0.1) is 78.1 Å². The monoisotopic (exact) mass is 1070 g/mol. The molecule has 25 atom stereocenters. The maximum Gasteiger partial charge on any atom is 0.202 e. The summed E-state index contributed by atoms with van der Waals surface area (Å²) in [5.41, 5.74) is 0.0678. The second-order valence-corrected chi connectivity index (χ2v) is 21.0. The Morgan fingerprint density at radius 3 is 1.49 bits per heavy atom. The average Bonchev–Trinajstić information content (AvgIpc) is 3.34. The molecule has 24 heteroatoms. The Morgan fingerprint density at radius 1 is 0.613 bits per heavy atom. The van der Waals surface area contributed by atoms with Crippen molar-refractivity contribution in [2.24, 2.45) is 5.92 Å². The number of ketones is 2. The summed E-state index contributed by atoms with van der Waals surface area (Å²) in [6.45, 7) is 10.6. The summed E-state index contributed by atoms with van der Waals surface area (Å²) >= 11 is 0. The Labute approximate surface area is 432 Å². The number of benzene rings is 2. The first kappa shape index (κ1) is 57.8. The normalized spacial score (nSPS) is 41.9. The zero-order valence-corrected chi connectivity index (χ0v) is 43.1. The van der Waals surface area contributed by atoms with E-state index in [2.05, 4.69) is 0 Å². The quantitative estimate of drug-likeness (QED) is 0.106. The summed E-state index contributed by atoms with van der Waals surface area (Å²) in [6, 6.07) is 3.03. The van der Waals surface area contributed by atoms with Crippen molar-refractivity contribution in [2.75, 3.05) is 7.11 Å². The number of carbonyl (C=O) groups is 2. The first-order valence-corrected chi connectivity index (χ1v) is 25.7. The van der Waals surface area contributed by atoms with Gasteiger partial charge in [-0.3, -0.25) is 9.59 Å². The Bertz CT molecular complexity index is 2290. The second kappa shape index (κ2) is 23.6. The minimum Gasteiger partial charge on any atom is -0.507 e. The van der Waals surface area contributed by atoms with Crippen molar-refractivity contribution < 1.29 is 118 Å². The van der Waals surface area contributed by atoms with E-state index in [1.807, 2.05) is 0 Å². The minimum atomic E-state index is -1.95. The van der Waals surface area contributed by atoms with Crippen LogP contribution in [-0.4, -0.2) is 222 Å². The van der Waals surface area contributed by atoms with Gasteiger partial charge in [-0.25, -0.2) is 0 Å². The van der Waals surface area contributed by atoms with E-state index in [1.165, 1.54) is 40.0 Å². The van der Waals surface area contributed by atoms with Crippen LogP contribution in [0.15, 0.2) is 12.1 Å². The lowest BCUT2D eigenvalue weighted by Crippen LogP contribution is -2.57. The molecule has 0 bridgehead atoms. The van der Waals surface area contributed by atoms with E-state index < -0.39 is 176 Å². The fraction of sp³-hybridized carbons (Fsp3) is 0.765. The largest absolute Gasteiger partial charge is 0.507 e. The molecule has 0 amide bonds. The van der Waals surface area contributed by atoms with Gasteiger partial charge in [0, 0.05) is 50.7 Å². The fourth-order valence-electron chi connectivity index (χ4n) is 11.0. The van der Waals surface area contributed by atoms with Gasteiger partial charge < -0.3 is 108 Å². The summed E-state index contributed by atoms with van der Waals surface area (Å²) < 4.78 is 66.3. The molecule has 1 aliphatic carbocycles. The maximum atomic E-state index is 15.0. The standard InChI is InChI=1S/C51H74O24/c1-17-29(71-35-14-30(44(59)21(5)68-35)72-33-12-27(53)42(57)19(3)66-33)11-25-9-24-10-26(50(65-8)49(64)41(56)18(2)52)51(48(63)39(24)47(62)38(25)40(17)55)75-37-16-32(46(61)23(7)70-37)74-36-15-31(45(60)22(6)69-36)73-34-13-28(54)43(58)20(4)67-34/h9,11,18-23,26-28,30-37,41-46,50-62H,10,12-16H2,1-8H3/t18-,19?,20?,21?,22?,23?,26+,27-,28-,30-,31-,32-,33+,34+,35+,36+,37+,41+,42-,43+,44-,45+,46-,50?,51+/m1/s1. The number of ether oxygens (including phenoxy) is 11. The van der Waals surface area contributed by atoms with Gasteiger partial charge in [-0.1, -0.05) is 0 Å². The molecular formula is C51H74O24. The van der Waals surface area contributed by atoms with Crippen LogP contribution in [0.3, 0.4) is 0 Å². The number of methoxy groups -OCH3 is 1. The first-order chi connectivity index (χ1) is 35.4. The molecule has 5 aliphatic heterocycles. The number of carbonyl (C=O) groups excluding carboxylic acids is 2. The van der Waals surface area contributed by atoms with E-state index in [0.717, 1.165) is 0 Å². The molecule has 2 aromatic carbocycles. The van der Waals surface area contributed by atoms with E-state index in [9.17, 15) is 61.0 Å². The number of hydrogen-bond donors (Lipinski definition) is 11. The smallest absolute Gasteiger partial charge is 0.202 e. The molecule has 6 aliphatic rings. The van der Waals surface area contributed by atoms with Crippen LogP contribution in [0.4, 0.5) is 0 Å². The third-order valence-electron chi connectivity index (χ3n) is 15.5. The maximum absolute atomic E-state index is 15.0. The number of fused-ring (bicyclic) bond motifs is 2. The van der Waals surface area contributed by atoms with Gasteiger partial charge in [0.1, 0.15) is 66.1 Å². The number of hydrogen-bond acceptors (Lipinski definition) is 24. The highest BCUT2D eigenvalue weighted by Crippen LogP contribution is 2.47. The summed E-state index contributed by atoms with van der Waals surface area (Å²) in [7, 11) is 1.18. The van der Waals surface area contributed by atoms with Crippen LogP contribution in [0.1, 0.15) is 95.1 Å². The molecule has 5 fully saturated rings. The van der Waals surface area contributed by atoms with E-state index in [0.29, 0.717) is 0 Å². The number of aliphatic hydroxyl groups is 9. The molecule has 0 aromatic heterocycles. The molecule has 422 valence electrons. The van der Waals surface area contributed by atoms with Gasteiger partial charge in [0.15, 0.2) is 36.7 Å². The van der Waals surface area contributed by atoms with Crippen molar-refractivity contribution in [2.45, 2.75) is 234 Å². The number of aromatic hydroxyl groups is 2. The highest BCUT2D eigenvalue weighted by Gasteiger charge is 2.51. The van der Waals surface area contributed by atoms with Gasteiger partial charge in [0.2, 0.25) is 6.29 Å². The molecule has 75 heavy (non-hydrogen) atoms. The van der Waals surface area contributed by atoms with Crippen LogP contribution in [0.25, 0.3) is 10.8 Å². The lowest BCUT2D eigenvalue weighted by molar-refractivity contribution is -0.329. The van der Waals surface area contributed by atoms with Gasteiger partial charge in [-0.2, -0.15) is 0 Å². The fourth-order valence-corrected chi connectivity index (χ4v) is 11.0. The number of rotatable bonds is 15. The molecule has 0 radical (unpaired) electrons. The predicted molar refractivity (Wildman–Crippen MR) is 254 cm³/mol. The zero-order chi connectivity index (χ0) is 54.6. The molecule has 0 saturated carbocycles. The van der Waals surface area contributed by atoms with Crippen molar-refractivity contribution in [3.05, 3.63) is 28.8 Å². The molecule has 11 N–H and O–H groups in total. The summed E-state index contributed by atoms with van der Waals surface area (Å²) in [5.74, 6) is -4.06. The van der Waals surface area contributed by atoms with E-state index in [4.69, 9.17) is 52.1 Å². The molecule has 6 unspecified atom stereocenters. The van der Waals surface area contributed by atoms with Crippen molar-refractivity contribution in [1.29, 1.82) is 0 Å². The van der Waals surface area contributed by atoms with Crippen LogP contribution in [0.5, 0.6) is 17.2 Å². The van der Waals surface area contributed by atoms with Crippen LogP contribution >= 0.6 is 0 Å². The molecule has 5 heterocycles. The Balaban J connectivity index is 1.04. The van der Waals surface area contributed by atoms with Crippen LogP contribution in [0, 0.1) is 12.8 Å². The third-order valence-corrected chi connectivity index (χ3v) is 15.5. The molecule has 0 spiro atoms. The number of aliphatic hydroxyl groups excluding tert-OH is 9. The highest BCUT2D eigenvalue weighted by atomic mass is 16.7. The lowest BCUT2D eigenvalue weighted by atomic mass is 9.75. The van der Waals surface area contributed by atoms with Crippen LogP contribution in [-0.2, 0) is 58.6 Å². The van der Waals surface area contributed by atoms with Crippen LogP contribution in [0.2, 0.25) is 0 Å². The molecule has 5 saturated heterocycles. The Kier molecular flexibility index (Phi) is 18.2. The first-order valence-electron chi connectivity index (χ1n) is 25.7. The molecular weight excluding hydrogens is 997 g/mol. The van der Waals surface area contributed by atoms with E-state index >= 15 is 4.79 Å². The Morgan fingerprint density at radius 2 is 1.04 bits per heavy atom. The SMILES string of the molecule is COC(C(=O)[C@@H](O)[C@@H](C)O)[C@@H]1Cc2cc3cc(O[C@H]4C[C@@H](O[C@H]5C[C@@H](O)[C@H](O)C(C)O5)[C@H](O)C(C)O4)c(C)c(O)c3c(O)c2C(=O)[C@H]1O[C@H]1C[C@@H](O[C@H]2C[C@@H](O[C@H]3C[C@@H](O)[C@@H](O)C(C)O3)[C@@H](O)C(C)O2)[C@H](O)C(C)O1. The van der Waals surface area contributed by atoms with Gasteiger partial charge in [0.25, 0.3) is 0 Å². The second-order valence-electron chi connectivity index (χ2n) is 21.0. The summed E-state index contributed by atoms with van der Waals surface area (Å²) in [6.07, 6.45) is -27.9. The average molecular weight is 1070 g/mol. The van der Waals surface area contributed by atoms with Gasteiger partial charge in [-0.15, -0.1) is 0 Å². The van der Waals surface area contributed by atoms with Gasteiger partial charge >= 0.3 is 0 Å². The summed E-state index contributed by atoms with van der Waals surface area (Å²) in [5, 5.41) is 119. The van der Waals surface area contributed by atoms with E-state index in [1.54, 1.807) is 27.7 Å². The third kappa shape index (κ3) is 12.0. The number of phenolic OH excluding ortho intramolecular Hbond substituents is 2. The summed E-state index contributed by atoms with van der Waals surface area (Å²) in [4.78, 5) is 28.9. The van der Waals surface area contributed by atoms with Crippen molar-refractivity contribution in [3.63, 3.8) is 0 Å². The topological polar surface area (TPSA) is 358 Å². The highest BCUT2D eigenvalue weighted by molar-refractivity contribution is 6.11. The van der Waals surface area contributed by atoms with Gasteiger partial charge in [-0.05, 0) is 78.0 Å². The zero-order valence-electron chi connectivity index (χ0n) is 43.1. The van der Waals surface area contributed by atoms with Crippen molar-refractivity contribution in [1.82, 2.24) is 0 Å². The Hall–Kier alpha value is -3.32. The number of Topliss-reactive ketones (excluding diaryl/α,β-unsaturated/α-hetero) is 2. The minimum absolute atomic E-state index is 0.0357. The van der Waals surface area contributed by atoms with Crippen molar-refractivity contribution >= 4 is 22.3 Å². The molecule has 2 aromatic rings. The molecule has 24 nitrogen and oxygen atoms in total. The lowest BCUT2D eigenvalue weighted by Gasteiger charge is -2.45. The number of phenols is 2. The van der Waals surface area contributed by atoms with Crippen LogP contribution < -0.4 is 4.74 Å². The predicted octanol–water partition coefficient (Wildman–Crippen LogP) is -0.639. The van der Waals surface area contributed by atoms with Crippen molar-refractivity contribution in [3.8, 4) is 17.2 Å².